The van der Waals surface area contributed by atoms with E-state index in [-0.39, 0.29) is 74.9 Å². The first-order valence-electron chi connectivity index (χ1n) is 32.6. The number of hydrogen-bond acceptors (Lipinski definition) is 17. The summed E-state index contributed by atoms with van der Waals surface area (Å²) >= 11 is 39.5. The molecule has 107 heavy (non-hydrogen) atoms. The van der Waals surface area contributed by atoms with Crippen molar-refractivity contribution in [2.24, 2.45) is 0 Å². The first-order valence-corrected chi connectivity index (χ1v) is 36.0. The third-order valence-electron chi connectivity index (χ3n) is 17.4. The van der Waals surface area contributed by atoms with Gasteiger partial charge in [-0.05, 0) is 139 Å². The maximum absolute atomic E-state index is 12.7. The second-order valence-corrected chi connectivity index (χ2v) is 28.1. The molecule has 31 heteroatoms. The molecule has 8 aromatic rings. The molecule has 5 aliphatic rings. The first-order chi connectivity index (χ1) is 50.7. The summed E-state index contributed by atoms with van der Waals surface area (Å²) in [5.74, 6) is 1.23. The minimum absolute atomic E-state index is 0.00429. The zero-order chi connectivity index (χ0) is 78.8. The summed E-state index contributed by atoms with van der Waals surface area (Å²) in [6.07, 6.45) is -0.855. The molecule has 24 nitrogen and oxygen atoms in total. The highest BCUT2D eigenvalue weighted by atomic mass is 79.9. The lowest BCUT2D eigenvalue weighted by Gasteiger charge is -2.25. The Labute approximate surface area is 654 Å². The van der Waals surface area contributed by atoms with Crippen molar-refractivity contribution in [3.63, 3.8) is 0 Å². The number of nitro groups is 2. The van der Waals surface area contributed by atoms with Crippen LogP contribution >= 0.6 is 85.5 Å². The van der Waals surface area contributed by atoms with Crippen LogP contribution < -0.4 is 29.6 Å². The third-order valence-corrected chi connectivity index (χ3v) is 20.0. The lowest BCUT2D eigenvalue weighted by Crippen LogP contribution is -2.38. The Morgan fingerprint density at radius 2 is 1.02 bits per heavy atom. The van der Waals surface area contributed by atoms with Crippen molar-refractivity contribution in [1.29, 1.82) is 0 Å². The molecular weight excluding hydrogens is 1580 g/mol. The number of rotatable bonds is 12. The molecule has 5 aliphatic heterocycles. The van der Waals surface area contributed by atoms with Gasteiger partial charge in [0.2, 0.25) is 0 Å². The van der Waals surface area contributed by atoms with Crippen LogP contribution in [0.3, 0.4) is 0 Å². The van der Waals surface area contributed by atoms with Crippen molar-refractivity contribution < 1.29 is 71.8 Å². The minimum atomic E-state index is -0.855. The highest BCUT2D eigenvalue weighted by molar-refractivity contribution is 9.08. The summed E-state index contributed by atoms with van der Waals surface area (Å²) in [7, 11) is 7.78. The summed E-state index contributed by atoms with van der Waals surface area (Å²) < 4.78 is 31.0. The minimum Gasteiger partial charge on any atom is -0.497 e. The molecule has 13 rings (SSSR count). The van der Waals surface area contributed by atoms with Crippen molar-refractivity contribution in [2.75, 3.05) is 35.5 Å². The van der Waals surface area contributed by atoms with Crippen molar-refractivity contribution in [1.82, 2.24) is 25.3 Å². The van der Waals surface area contributed by atoms with Crippen molar-refractivity contribution in [3.8, 4) is 23.0 Å². The van der Waals surface area contributed by atoms with Crippen LogP contribution in [0.25, 0.3) is 0 Å². The van der Waals surface area contributed by atoms with E-state index in [1.807, 2.05) is 80.6 Å². The maximum atomic E-state index is 12.7. The van der Waals surface area contributed by atoms with E-state index in [1.54, 1.807) is 115 Å². The van der Waals surface area contributed by atoms with Gasteiger partial charge in [0.1, 0.15) is 39.7 Å². The van der Waals surface area contributed by atoms with Crippen LogP contribution in [-0.2, 0) is 34.4 Å². The van der Waals surface area contributed by atoms with Crippen LogP contribution in [0.5, 0.6) is 23.0 Å². The molecule has 0 bridgehead atoms. The highest BCUT2D eigenvalue weighted by Gasteiger charge is 2.46. The smallest absolute Gasteiger partial charge is 0.417 e. The predicted octanol–water partition coefficient (Wildman–Crippen LogP) is 18.5. The van der Waals surface area contributed by atoms with Gasteiger partial charge < -0.3 is 48.9 Å². The number of alkyl halides is 1. The largest absolute Gasteiger partial charge is 0.497 e. The monoisotopic (exact) mass is 1640 g/mol. The van der Waals surface area contributed by atoms with Crippen molar-refractivity contribution in [3.05, 3.63) is 262 Å². The molecule has 0 saturated heterocycles. The molecule has 8 aromatic carbocycles. The maximum Gasteiger partial charge on any atom is 0.417 e. The molecule has 2 N–H and O–H groups in total. The average Bonchev–Trinajstić information content (AvgIpc) is 1.61. The van der Waals surface area contributed by atoms with E-state index in [2.05, 4.69) is 31.3 Å². The van der Waals surface area contributed by atoms with Crippen molar-refractivity contribution >= 4 is 139 Å². The van der Waals surface area contributed by atoms with Gasteiger partial charge in [-0.3, -0.25) is 44.2 Å². The molecule has 4 atom stereocenters. The molecule has 0 fully saturated rings. The molecule has 6 amide bonds. The second-order valence-electron chi connectivity index (χ2n) is 25.1. The van der Waals surface area contributed by atoms with Gasteiger partial charge in [-0.2, -0.15) is 0 Å². The Kier molecular flexibility index (Phi) is 27.7. The Morgan fingerprint density at radius 1 is 0.533 bits per heavy atom. The van der Waals surface area contributed by atoms with Crippen LogP contribution in [0.4, 0.5) is 16.2 Å². The number of hydrogen-bond donors (Lipinski definition) is 2. The number of imide groups is 1. The van der Waals surface area contributed by atoms with E-state index >= 15 is 0 Å². The molecule has 0 aromatic heterocycles. The van der Waals surface area contributed by atoms with Gasteiger partial charge in [-0.1, -0.05) is 110 Å². The average molecular weight is 1650 g/mol. The Bertz CT molecular complexity index is 4830. The topological polar surface area (TPSA) is 295 Å². The standard InChI is InChI=1S/C18H18ClNO3.C17H16ClNO3.C14H15ClN2O5.C9H8BrClO2.C9H7ClN2O3.C9H8ClNO/c1-11-17-14(5-4-6-15(17)19)18(21)20(11)10-12-7-8-13(22-2)9-16(12)23-3;1-21-12-7-6-11(16(8-12)22-2)9-19-10-14-13(17(19)20)4-3-5-15(14)18;1-7-10-8(15)5-6-9(17(20)21)11(10)12(18)16(7)13(19)22-14(2,3)4;1-13-9(12)6-3-2-4-8(11)7(6)5-10;1-4-7-5(10)2-3-6(12(14)15)8(7)9(13)11-4;1-5-8-6(9(12)11-5)3-2-4-7(8)10/h4-9,11H,10H2,1-3H3;3-8H,9-10H2,1-2H3;5-7H,1-4H3;2-4H,5H2,1H3;2-4H,1H3,(H,11,13);2-5H,1H3,(H,11,12). The zero-order valence-electron chi connectivity index (χ0n) is 59.7. The van der Waals surface area contributed by atoms with Gasteiger partial charge in [0.05, 0.1) is 81.7 Å². The second kappa shape index (κ2) is 35.8. The summed E-state index contributed by atoms with van der Waals surface area (Å²) in [4.78, 5) is 109. The molecule has 562 valence electrons. The molecule has 0 radical (unpaired) electrons. The number of methoxy groups -OCH3 is 5. The van der Waals surface area contributed by atoms with Crippen LogP contribution in [0, 0.1) is 20.2 Å². The van der Waals surface area contributed by atoms with E-state index in [9.17, 15) is 53.8 Å². The van der Waals surface area contributed by atoms with E-state index in [0.717, 1.165) is 55.8 Å². The number of carbonyl (C=O) groups is 7. The fourth-order valence-electron chi connectivity index (χ4n) is 12.3. The lowest BCUT2D eigenvalue weighted by atomic mass is 10.0. The summed E-state index contributed by atoms with van der Waals surface area (Å²) in [5, 5.41) is 30.8. The van der Waals surface area contributed by atoms with E-state index in [4.69, 9.17) is 93.3 Å². The normalized spacial score (nSPS) is 15.9. The van der Waals surface area contributed by atoms with E-state index < -0.39 is 39.4 Å². The number of esters is 1. The number of amides is 6. The van der Waals surface area contributed by atoms with Gasteiger partial charge in [-0.15, -0.1) is 0 Å². The van der Waals surface area contributed by atoms with E-state index in [1.165, 1.54) is 25.3 Å². The highest BCUT2D eigenvalue weighted by Crippen LogP contribution is 2.45. The molecule has 0 spiro atoms. The fourth-order valence-corrected chi connectivity index (χ4v) is 14.8. The van der Waals surface area contributed by atoms with E-state index in [0.29, 0.717) is 89.4 Å². The quantitative estimate of drug-likeness (QED) is 0.0497. The lowest BCUT2D eigenvalue weighted by molar-refractivity contribution is -0.385. The van der Waals surface area contributed by atoms with Gasteiger partial charge >= 0.3 is 12.1 Å². The zero-order valence-corrected chi connectivity index (χ0v) is 65.8. The van der Waals surface area contributed by atoms with Crippen molar-refractivity contribution in [2.45, 2.75) is 103 Å². The molecule has 0 aliphatic carbocycles. The number of nitro benzene ring substituents is 2. The first kappa shape index (κ1) is 82.9. The van der Waals surface area contributed by atoms with Gasteiger partial charge in [-0.25, -0.2) is 14.5 Å². The van der Waals surface area contributed by atoms with Crippen LogP contribution in [-0.4, -0.2) is 107 Å². The summed E-state index contributed by atoms with van der Waals surface area (Å²) in [6, 6.07) is 36.8. The van der Waals surface area contributed by atoms with Gasteiger partial charge in [0, 0.05) is 128 Å². The Balaban J connectivity index is 0.000000165. The van der Waals surface area contributed by atoms with Gasteiger partial charge in [0.15, 0.2) is 0 Å². The molecule has 0 saturated carbocycles. The third kappa shape index (κ3) is 18.5. The predicted molar refractivity (Wildman–Crippen MR) is 410 cm³/mol. The van der Waals surface area contributed by atoms with Crippen LogP contribution in [0.15, 0.2) is 133 Å². The number of nitrogens with one attached hydrogen (secondary N) is 2. The number of carbonyl (C=O) groups excluding carboxylic acids is 7. The Morgan fingerprint density at radius 3 is 1.53 bits per heavy atom. The number of ether oxygens (including phenoxy) is 6. The summed E-state index contributed by atoms with van der Waals surface area (Å²) in [6.45, 7) is 13.7. The summed E-state index contributed by atoms with van der Waals surface area (Å²) in [5.41, 5.74) is 7.24. The molecule has 4 unspecified atom stereocenters. The fraction of sp³-hybridized carbons (Fsp3) is 0.276. The number of fused-ring (bicyclic) bond motifs is 5. The molecular formula is C76H72BrCl6N7O17. The number of halogens is 7. The van der Waals surface area contributed by atoms with Crippen LogP contribution in [0.2, 0.25) is 30.1 Å². The Hall–Kier alpha value is -9.73. The van der Waals surface area contributed by atoms with Gasteiger partial charge in [0.25, 0.3) is 40.9 Å². The van der Waals surface area contributed by atoms with Crippen LogP contribution in [0.1, 0.15) is 179 Å². The SMILES string of the molecule is CC1NC(=O)c2c([N+](=O)[O-])ccc(Cl)c21.CC1NC(=O)c2cccc(Cl)c21.CC1c2c(Cl)ccc([N+](=O)[O-])c2C(=O)N1C(=O)OC(C)(C)C.COC(=O)c1cccc(Cl)c1CBr.COc1ccc(CN2C(=O)c3cccc(Cl)c3C2C)c(OC)c1.COc1ccc(CN2Cc3c(Cl)cccc3C2=O)c(OC)c1. The number of benzene rings is 8. The number of nitrogens with zero attached hydrogens (tertiary/aromatic N) is 5. The molecule has 5 heterocycles.